The Morgan fingerprint density at radius 1 is 1.21 bits per heavy atom. The lowest BCUT2D eigenvalue weighted by molar-refractivity contribution is 0.227. The lowest BCUT2D eigenvalue weighted by Gasteiger charge is -2.27. The second kappa shape index (κ2) is 6.50. The summed E-state index contributed by atoms with van der Waals surface area (Å²) in [6.07, 6.45) is 2.06. The van der Waals surface area contributed by atoms with Crippen LogP contribution in [-0.2, 0) is 16.3 Å². The predicted octanol–water partition coefficient (Wildman–Crippen LogP) is 0.757. The van der Waals surface area contributed by atoms with Crippen LogP contribution in [0.1, 0.15) is 18.4 Å². The predicted molar refractivity (Wildman–Crippen MR) is 75.8 cm³/mol. The van der Waals surface area contributed by atoms with Crippen molar-refractivity contribution in [3.63, 3.8) is 0 Å². The molecule has 0 unspecified atom stereocenters. The molecule has 5 heteroatoms. The second-order valence-electron chi connectivity index (χ2n) is 5.16. The van der Waals surface area contributed by atoms with Crippen molar-refractivity contribution in [2.45, 2.75) is 31.3 Å². The molecule has 2 rings (SSSR count). The largest absolute Gasteiger partial charge is 0.395 e. The van der Waals surface area contributed by atoms with Crippen LogP contribution in [-0.4, -0.2) is 43.7 Å². The third kappa shape index (κ3) is 4.60. The number of aliphatic hydroxyl groups excluding tert-OH is 1. The second-order valence-corrected chi connectivity index (χ2v) is 7.47. The van der Waals surface area contributed by atoms with Crippen LogP contribution in [0.15, 0.2) is 30.3 Å². The van der Waals surface area contributed by atoms with Crippen molar-refractivity contribution < 1.29 is 13.5 Å². The molecule has 1 aliphatic heterocycles. The normalized spacial score (nSPS) is 21.1. The zero-order valence-corrected chi connectivity index (χ0v) is 11.8. The Bertz CT molecular complexity index is 473. The number of benzene rings is 1. The lowest BCUT2D eigenvalue weighted by atomic mass is 10.0. The number of aliphatic hydroxyl groups is 1. The molecule has 19 heavy (non-hydrogen) atoms. The summed E-state index contributed by atoms with van der Waals surface area (Å²) in [4.78, 5) is 0. The molecule has 0 saturated carbocycles. The Kier molecular flexibility index (Phi) is 4.96. The fraction of sp³-hybridized carbons (Fsp3) is 0.571. The first-order valence-electron chi connectivity index (χ1n) is 6.70. The zero-order chi connectivity index (χ0) is 13.7. The summed E-state index contributed by atoms with van der Waals surface area (Å²) < 4.78 is 22.7. The van der Waals surface area contributed by atoms with Crippen molar-refractivity contribution >= 4 is 9.84 Å². The van der Waals surface area contributed by atoms with Gasteiger partial charge in [-0.3, -0.25) is 0 Å². The first-order valence-corrected chi connectivity index (χ1v) is 8.52. The molecule has 1 aromatic carbocycles. The van der Waals surface area contributed by atoms with E-state index in [0.29, 0.717) is 12.8 Å². The van der Waals surface area contributed by atoms with E-state index >= 15 is 0 Å². The Morgan fingerprint density at radius 3 is 2.42 bits per heavy atom. The Balaban J connectivity index is 1.86. The van der Waals surface area contributed by atoms with Crippen molar-refractivity contribution in [3.8, 4) is 0 Å². The summed E-state index contributed by atoms with van der Waals surface area (Å²) in [7, 11) is -2.82. The zero-order valence-electron chi connectivity index (χ0n) is 11.0. The van der Waals surface area contributed by atoms with E-state index in [2.05, 4.69) is 5.32 Å². The highest BCUT2D eigenvalue weighted by Crippen LogP contribution is 2.13. The number of hydrogen-bond acceptors (Lipinski definition) is 4. The van der Waals surface area contributed by atoms with Gasteiger partial charge in [-0.1, -0.05) is 30.3 Å². The van der Waals surface area contributed by atoms with E-state index in [1.54, 1.807) is 0 Å². The molecule has 0 bridgehead atoms. The Hall–Kier alpha value is -0.910. The maximum Gasteiger partial charge on any atom is 0.150 e. The van der Waals surface area contributed by atoms with Crippen LogP contribution in [0.25, 0.3) is 0 Å². The van der Waals surface area contributed by atoms with Crippen LogP contribution in [0.5, 0.6) is 0 Å². The van der Waals surface area contributed by atoms with Gasteiger partial charge in [0.15, 0.2) is 0 Å². The molecule has 1 heterocycles. The number of rotatable bonds is 5. The summed E-state index contributed by atoms with van der Waals surface area (Å²) in [5.41, 5.74) is 1.18. The van der Waals surface area contributed by atoms with E-state index in [9.17, 15) is 13.5 Å². The van der Waals surface area contributed by atoms with Crippen molar-refractivity contribution in [3.05, 3.63) is 35.9 Å². The van der Waals surface area contributed by atoms with Gasteiger partial charge in [-0.05, 0) is 24.8 Å². The van der Waals surface area contributed by atoms with Gasteiger partial charge in [0.25, 0.3) is 0 Å². The Morgan fingerprint density at radius 2 is 1.84 bits per heavy atom. The van der Waals surface area contributed by atoms with Crippen molar-refractivity contribution in [2.24, 2.45) is 0 Å². The van der Waals surface area contributed by atoms with E-state index in [4.69, 9.17) is 0 Å². The van der Waals surface area contributed by atoms with Crippen LogP contribution in [0.4, 0.5) is 0 Å². The van der Waals surface area contributed by atoms with Gasteiger partial charge in [0.2, 0.25) is 0 Å². The fourth-order valence-corrected chi connectivity index (χ4v) is 3.96. The highest BCUT2D eigenvalue weighted by molar-refractivity contribution is 7.91. The molecular formula is C14H21NO3S. The first kappa shape index (κ1) is 14.5. The molecule has 1 aliphatic rings. The third-order valence-corrected chi connectivity index (χ3v) is 5.29. The molecule has 1 fully saturated rings. The molecule has 106 valence electrons. The maximum atomic E-state index is 11.4. The van der Waals surface area contributed by atoms with Gasteiger partial charge >= 0.3 is 0 Å². The number of hydrogen-bond donors (Lipinski definition) is 2. The average molecular weight is 283 g/mol. The van der Waals surface area contributed by atoms with Crippen molar-refractivity contribution in [2.75, 3.05) is 18.1 Å². The first-order chi connectivity index (χ1) is 9.09. The van der Waals surface area contributed by atoms with Gasteiger partial charge in [-0.25, -0.2) is 8.42 Å². The molecule has 2 N–H and O–H groups in total. The van der Waals surface area contributed by atoms with Gasteiger partial charge in [0.05, 0.1) is 18.1 Å². The van der Waals surface area contributed by atoms with Gasteiger partial charge in [-0.15, -0.1) is 0 Å². The molecular weight excluding hydrogens is 262 g/mol. The van der Waals surface area contributed by atoms with Gasteiger partial charge in [0.1, 0.15) is 9.84 Å². The standard InChI is InChI=1S/C14H21NO3S/c16-11-14(10-12-4-2-1-3-5-12)15-13-6-8-19(17,18)9-7-13/h1-5,13-16H,6-11H2/t14-/m1/s1. The SMILES string of the molecule is O=S1(=O)CCC(N[C@@H](CO)Cc2ccccc2)CC1. The van der Waals surface area contributed by atoms with Crippen molar-refractivity contribution in [1.29, 1.82) is 0 Å². The van der Waals surface area contributed by atoms with E-state index in [1.165, 1.54) is 5.56 Å². The molecule has 0 aromatic heterocycles. The lowest BCUT2D eigenvalue weighted by Crippen LogP contribution is -2.45. The summed E-state index contributed by atoms with van der Waals surface area (Å²) in [6.45, 7) is 0.0676. The molecule has 0 aliphatic carbocycles. The Labute approximate surface area is 114 Å². The van der Waals surface area contributed by atoms with Gasteiger partial charge < -0.3 is 10.4 Å². The minimum atomic E-state index is -2.82. The van der Waals surface area contributed by atoms with E-state index < -0.39 is 9.84 Å². The van der Waals surface area contributed by atoms with Crippen LogP contribution < -0.4 is 5.32 Å². The van der Waals surface area contributed by atoms with Crippen LogP contribution in [0, 0.1) is 0 Å². The highest BCUT2D eigenvalue weighted by atomic mass is 32.2. The number of sulfone groups is 1. The third-order valence-electron chi connectivity index (χ3n) is 3.57. The van der Waals surface area contributed by atoms with Gasteiger partial charge in [-0.2, -0.15) is 0 Å². The molecule has 1 aromatic rings. The fourth-order valence-electron chi connectivity index (χ4n) is 2.46. The molecule has 0 spiro atoms. The quantitative estimate of drug-likeness (QED) is 0.837. The summed E-state index contributed by atoms with van der Waals surface area (Å²) in [5.74, 6) is 0.516. The van der Waals surface area contributed by atoms with E-state index in [1.807, 2.05) is 30.3 Å². The topological polar surface area (TPSA) is 66.4 Å². The number of nitrogens with one attached hydrogen (secondary N) is 1. The summed E-state index contributed by atoms with van der Waals surface area (Å²) in [5, 5.41) is 12.8. The van der Waals surface area contributed by atoms with Crippen molar-refractivity contribution in [1.82, 2.24) is 5.32 Å². The molecule has 1 atom stereocenters. The molecule has 0 amide bonds. The summed E-state index contributed by atoms with van der Waals surface area (Å²) in [6, 6.07) is 10.2. The molecule has 0 radical (unpaired) electrons. The molecule has 1 saturated heterocycles. The van der Waals surface area contributed by atoms with Gasteiger partial charge in [0, 0.05) is 12.1 Å². The van der Waals surface area contributed by atoms with Crippen LogP contribution in [0.3, 0.4) is 0 Å². The monoisotopic (exact) mass is 283 g/mol. The van der Waals surface area contributed by atoms with Crippen LogP contribution >= 0.6 is 0 Å². The maximum absolute atomic E-state index is 11.4. The minimum absolute atomic E-state index is 0.00629. The van der Waals surface area contributed by atoms with E-state index in [-0.39, 0.29) is 30.2 Å². The van der Waals surface area contributed by atoms with Crippen LogP contribution in [0.2, 0.25) is 0 Å². The smallest absolute Gasteiger partial charge is 0.150 e. The minimum Gasteiger partial charge on any atom is -0.395 e. The highest BCUT2D eigenvalue weighted by Gasteiger charge is 2.25. The average Bonchev–Trinajstić information content (AvgIpc) is 2.41. The van der Waals surface area contributed by atoms with E-state index in [0.717, 1.165) is 6.42 Å². The summed E-state index contributed by atoms with van der Waals surface area (Å²) >= 11 is 0. The molecule has 4 nitrogen and oxygen atoms in total.